The van der Waals surface area contributed by atoms with E-state index in [1.807, 2.05) is 12.1 Å². The van der Waals surface area contributed by atoms with Crippen LogP contribution >= 0.6 is 0 Å². The molecule has 0 N–H and O–H groups in total. The van der Waals surface area contributed by atoms with Gasteiger partial charge in [-0.15, -0.1) is 0 Å². The standard InChI is InChI=1S/C9H13NO3S/c1-10(14(11)12)7-8-3-5-9(13-2)6-4-8/h3-6,14H,7H2,1-2H3. The van der Waals surface area contributed by atoms with E-state index < -0.39 is 10.9 Å². The van der Waals surface area contributed by atoms with E-state index >= 15 is 0 Å². The van der Waals surface area contributed by atoms with Gasteiger partial charge >= 0.3 is 0 Å². The Bertz CT molecular complexity index is 351. The Kier molecular flexibility index (Phi) is 3.91. The van der Waals surface area contributed by atoms with E-state index in [0.717, 1.165) is 11.3 Å². The summed E-state index contributed by atoms with van der Waals surface area (Å²) in [6.07, 6.45) is 0. The van der Waals surface area contributed by atoms with E-state index in [4.69, 9.17) is 4.74 Å². The fraction of sp³-hybridized carbons (Fsp3) is 0.333. The van der Waals surface area contributed by atoms with Gasteiger partial charge in [0.25, 0.3) is 0 Å². The molecule has 14 heavy (non-hydrogen) atoms. The van der Waals surface area contributed by atoms with Crippen molar-refractivity contribution in [1.29, 1.82) is 0 Å². The number of benzene rings is 1. The van der Waals surface area contributed by atoms with Gasteiger partial charge in [-0.3, -0.25) is 0 Å². The molecule has 0 saturated carbocycles. The number of hydrogen-bond donors (Lipinski definition) is 1. The lowest BCUT2D eigenvalue weighted by Crippen LogP contribution is -2.15. The van der Waals surface area contributed by atoms with E-state index in [2.05, 4.69) is 0 Å². The summed E-state index contributed by atoms with van der Waals surface area (Å²) in [7, 11) is 0.636. The molecular formula is C9H13NO3S. The number of nitrogens with zero attached hydrogens (tertiary/aromatic N) is 1. The first-order chi connectivity index (χ1) is 6.63. The molecule has 0 saturated heterocycles. The number of methoxy groups -OCH3 is 1. The quantitative estimate of drug-likeness (QED) is 0.750. The lowest BCUT2D eigenvalue weighted by molar-refractivity contribution is 0.414. The molecule has 0 heterocycles. The van der Waals surface area contributed by atoms with Crippen LogP contribution in [0.5, 0.6) is 5.75 Å². The van der Waals surface area contributed by atoms with E-state index in [9.17, 15) is 8.42 Å². The van der Waals surface area contributed by atoms with Gasteiger partial charge in [-0.1, -0.05) is 12.1 Å². The third-order valence-electron chi connectivity index (χ3n) is 1.85. The van der Waals surface area contributed by atoms with Crippen molar-refractivity contribution in [3.05, 3.63) is 29.8 Å². The molecule has 0 spiro atoms. The summed E-state index contributed by atoms with van der Waals surface area (Å²) < 4.78 is 27.4. The lowest BCUT2D eigenvalue weighted by Gasteiger charge is -2.08. The summed E-state index contributed by atoms with van der Waals surface area (Å²) in [6, 6.07) is 7.30. The molecule has 1 rings (SSSR count). The highest BCUT2D eigenvalue weighted by Gasteiger charge is 2.01. The molecule has 0 aromatic heterocycles. The predicted octanol–water partition coefficient (Wildman–Crippen LogP) is 0.653. The van der Waals surface area contributed by atoms with Crippen LogP contribution in [0.4, 0.5) is 0 Å². The third kappa shape index (κ3) is 3.01. The van der Waals surface area contributed by atoms with E-state index in [0.29, 0.717) is 6.54 Å². The minimum Gasteiger partial charge on any atom is -0.497 e. The minimum atomic E-state index is -2.49. The summed E-state index contributed by atoms with van der Waals surface area (Å²) in [6.45, 7) is 0.392. The van der Waals surface area contributed by atoms with Crippen molar-refractivity contribution in [3.63, 3.8) is 0 Å². The maximum Gasteiger partial charge on any atom is 0.203 e. The second-order valence-electron chi connectivity index (χ2n) is 2.90. The van der Waals surface area contributed by atoms with Crippen molar-refractivity contribution >= 4 is 10.9 Å². The van der Waals surface area contributed by atoms with Crippen molar-refractivity contribution in [1.82, 2.24) is 4.31 Å². The summed E-state index contributed by atoms with van der Waals surface area (Å²) in [5.41, 5.74) is 0.938. The zero-order valence-corrected chi connectivity index (χ0v) is 9.03. The molecule has 0 aliphatic carbocycles. The fourth-order valence-electron chi connectivity index (χ4n) is 1.05. The van der Waals surface area contributed by atoms with Crippen LogP contribution in [0.2, 0.25) is 0 Å². The highest BCUT2D eigenvalue weighted by molar-refractivity contribution is 7.69. The van der Waals surface area contributed by atoms with Crippen LogP contribution in [0.3, 0.4) is 0 Å². The molecule has 1 aromatic carbocycles. The van der Waals surface area contributed by atoms with Crippen LogP contribution in [0, 0.1) is 0 Å². The molecule has 0 aliphatic heterocycles. The first kappa shape index (κ1) is 11.0. The summed E-state index contributed by atoms with van der Waals surface area (Å²) >= 11 is 0. The maximum atomic E-state index is 10.6. The van der Waals surface area contributed by atoms with Crippen LogP contribution in [0.1, 0.15) is 5.56 Å². The zero-order chi connectivity index (χ0) is 10.6. The van der Waals surface area contributed by atoms with Crippen molar-refractivity contribution in [2.45, 2.75) is 6.54 Å². The van der Waals surface area contributed by atoms with E-state index in [-0.39, 0.29) is 0 Å². The molecule has 0 aliphatic rings. The van der Waals surface area contributed by atoms with Crippen molar-refractivity contribution < 1.29 is 13.2 Å². The molecule has 1 aromatic rings. The summed E-state index contributed by atoms with van der Waals surface area (Å²) in [5.74, 6) is 0.767. The van der Waals surface area contributed by atoms with Crippen LogP contribution < -0.4 is 4.74 Å². The van der Waals surface area contributed by atoms with Gasteiger partial charge in [-0.05, 0) is 17.7 Å². The van der Waals surface area contributed by atoms with Gasteiger partial charge in [0.2, 0.25) is 10.9 Å². The fourth-order valence-corrected chi connectivity index (χ4v) is 1.33. The van der Waals surface area contributed by atoms with Gasteiger partial charge < -0.3 is 4.74 Å². The summed E-state index contributed by atoms with van der Waals surface area (Å²) in [4.78, 5) is 0. The molecule has 0 amide bonds. The van der Waals surface area contributed by atoms with Crippen LogP contribution in [-0.4, -0.2) is 26.9 Å². The zero-order valence-electron chi connectivity index (χ0n) is 8.14. The van der Waals surface area contributed by atoms with Crippen LogP contribution in [-0.2, 0) is 17.4 Å². The van der Waals surface area contributed by atoms with Crippen LogP contribution in [0.15, 0.2) is 24.3 Å². The highest BCUT2D eigenvalue weighted by atomic mass is 32.2. The Morgan fingerprint density at radius 2 is 1.86 bits per heavy atom. The Labute approximate surface area is 85.2 Å². The average molecular weight is 215 g/mol. The van der Waals surface area contributed by atoms with Crippen molar-refractivity contribution in [2.24, 2.45) is 0 Å². The van der Waals surface area contributed by atoms with Crippen LogP contribution in [0.25, 0.3) is 0 Å². The SMILES string of the molecule is COc1ccc(CN(C)[SH](=O)=O)cc1. The second kappa shape index (κ2) is 4.97. The topological polar surface area (TPSA) is 46.6 Å². The monoisotopic (exact) mass is 215 g/mol. The number of thiol groups is 1. The van der Waals surface area contributed by atoms with Gasteiger partial charge in [0.15, 0.2) is 0 Å². The first-order valence-corrected chi connectivity index (χ1v) is 5.25. The van der Waals surface area contributed by atoms with Gasteiger partial charge in [0.05, 0.1) is 7.11 Å². The highest BCUT2D eigenvalue weighted by Crippen LogP contribution is 2.12. The lowest BCUT2D eigenvalue weighted by atomic mass is 10.2. The smallest absolute Gasteiger partial charge is 0.203 e. The Morgan fingerprint density at radius 1 is 1.29 bits per heavy atom. The maximum absolute atomic E-state index is 10.6. The van der Waals surface area contributed by atoms with Crippen molar-refractivity contribution in [3.8, 4) is 5.75 Å². The molecule has 0 atom stereocenters. The predicted molar refractivity (Wildman–Crippen MR) is 54.8 cm³/mol. The molecule has 0 radical (unpaired) electrons. The van der Waals surface area contributed by atoms with Crippen molar-refractivity contribution in [2.75, 3.05) is 14.2 Å². The number of hydrogen-bond acceptors (Lipinski definition) is 3. The molecule has 5 heteroatoms. The van der Waals surface area contributed by atoms with Gasteiger partial charge in [-0.25, -0.2) is 12.7 Å². The molecule has 0 bridgehead atoms. The first-order valence-electron chi connectivity index (χ1n) is 4.12. The number of rotatable bonds is 4. The van der Waals surface area contributed by atoms with E-state index in [1.165, 1.54) is 11.4 Å². The molecular weight excluding hydrogens is 202 g/mol. The largest absolute Gasteiger partial charge is 0.497 e. The molecule has 78 valence electrons. The minimum absolute atomic E-state index is 0.392. The van der Waals surface area contributed by atoms with Gasteiger partial charge in [0, 0.05) is 13.6 Å². The molecule has 4 nitrogen and oxygen atoms in total. The Morgan fingerprint density at radius 3 is 2.29 bits per heavy atom. The Hall–Kier alpha value is -1.07. The number of ether oxygens (including phenoxy) is 1. The van der Waals surface area contributed by atoms with Gasteiger partial charge in [-0.2, -0.15) is 0 Å². The average Bonchev–Trinajstić information content (AvgIpc) is 2.19. The second-order valence-corrected chi connectivity index (χ2v) is 4.06. The molecule has 0 unspecified atom stereocenters. The normalized spacial score (nSPS) is 10.9. The third-order valence-corrected chi connectivity index (χ3v) is 2.55. The summed E-state index contributed by atoms with van der Waals surface area (Å²) in [5, 5.41) is 0. The van der Waals surface area contributed by atoms with E-state index in [1.54, 1.807) is 19.2 Å². The molecule has 0 fully saturated rings. The Balaban J connectivity index is 2.68. The van der Waals surface area contributed by atoms with Gasteiger partial charge in [0.1, 0.15) is 5.75 Å².